The summed E-state index contributed by atoms with van der Waals surface area (Å²) < 4.78 is 0. The van der Waals surface area contributed by atoms with E-state index in [1.165, 1.54) is 36.8 Å². The average Bonchev–Trinajstić information content (AvgIpc) is 2.40. The van der Waals surface area contributed by atoms with Gasteiger partial charge in [0.2, 0.25) is 0 Å². The van der Waals surface area contributed by atoms with Gasteiger partial charge in [0.25, 0.3) is 0 Å². The maximum Gasteiger partial charge on any atom is 0.0108 e. The lowest BCUT2D eigenvalue weighted by Gasteiger charge is -2.22. The molecule has 0 aliphatic heterocycles. The highest BCUT2D eigenvalue weighted by molar-refractivity contribution is 5.25. The Morgan fingerprint density at radius 1 is 1.05 bits per heavy atom. The van der Waals surface area contributed by atoms with Crippen molar-refractivity contribution in [2.24, 2.45) is 11.7 Å². The van der Waals surface area contributed by atoms with Gasteiger partial charge < -0.3 is 5.73 Å². The molecule has 0 saturated carbocycles. The van der Waals surface area contributed by atoms with Gasteiger partial charge in [0.1, 0.15) is 0 Å². The molecule has 1 aromatic carbocycles. The average molecular weight is 261 g/mol. The molecule has 1 heteroatoms. The van der Waals surface area contributed by atoms with E-state index >= 15 is 0 Å². The van der Waals surface area contributed by atoms with Crippen LogP contribution in [-0.4, -0.2) is 6.04 Å². The van der Waals surface area contributed by atoms with E-state index in [2.05, 4.69) is 52.0 Å². The minimum absolute atomic E-state index is 0.307. The van der Waals surface area contributed by atoms with Crippen LogP contribution < -0.4 is 5.73 Å². The molecule has 2 N–H and O–H groups in total. The van der Waals surface area contributed by atoms with Crippen molar-refractivity contribution in [2.75, 3.05) is 0 Å². The molecule has 1 rings (SSSR count). The van der Waals surface area contributed by atoms with E-state index in [0.717, 1.165) is 6.42 Å². The third-order valence-electron chi connectivity index (χ3n) is 4.18. The summed E-state index contributed by atoms with van der Waals surface area (Å²) in [5.41, 5.74) is 9.19. The zero-order chi connectivity index (χ0) is 14.3. The molecule has 0 spiro atoms. The summed E-state index contributed by atoms with van der Waals surface area (Å²) in [4.78, 5) is 0. The molecule has 0 amide bonds. The summed E-state index contributed by atoms with van der Waals surface area (Å²) in [7, 11) is 0. The minimum atomic E-state index is 0.307. The first-order valence-electron chi connectivity index (χ1n) is 7.92. The number of hydrogen-bond donors (Lipinski definition) is 1. The molecule has 108 valence electrons. The predicted molar refractivity (Wildman–Crippen MR) is 85.5 cm³/mol. The van der Waals surface area contributed by atoms with Crippen LogP contribution >= 0.6 is 0 Å². The van der Waals surface area contributed by atoms with Gasteiger partial charge in [-0.3, -0.25) is 0 Å². The third kappa shape index (κ3) is 5.36. The number of hydrogen-bond acceptors (Lipinski definition) is 1. The van der Waals surface area contributed by atoms with Crippen LogP contribution in [-0.2, 0) is 6.42 Å². The molecule has 0 aliphatic rings. The molecule has 0 fully saturated rings. The highest BCUT2D eigenvalue weighted by Gasteiger charge is 2.15. The van der Waals surface area contributed by atoms with E-state index in [4.69, 9.17) is 5.73 Å². The Kier molecular flexibility index (Phi) is 7.15. The van der Waals surface area contributed by atoms with Crippen LogP contribution in [0.4, 0.5) is 0 Å². The molecule has 19 heavy (non-hydrogen) atoms. The lowest BCUT2D eigenvalue weighted by atomic mass is 9.87. The molecule has 0 heterocycles. The van der Waals surface area contributed by atoms with Crippen molar-refractivity contribution in [3.05, 3.63) is 35.4 Å². The zero-order valence-corrected chi connectivity index (χ0v) is 13.2. The Labute approximate surface area is 119 Å². The minimum Gasteiger partial charge on any atom is -0.327 e. The van der Waals surface area contributed by atoms with Crippen molar-refractivity contribution in [1.82, 2.24) is 0 Å². The fourth-order valence-corrected chi connectivity index (χ4v) is 2.66. The van der Waals surface area contributed by atoms with Gasteiger partial charge in [-0.15, -0.1) is 0 Å². The van der Waals surface area contributed by atoms with Crippen LogP contribution in [0.2, 0.25) is 0 Å². The molecule has 0 aliphatic carbocycles. The lowest BCUT2D eigenvalue weighted by Crippen LogP contribution is -2.32. The van der Waals surface area contributed by atoms with Crippen LogP contribution in [0.1, 0.15) is 70.4 Å². The Bertz CT molecular complexity index is 339. The molecule has 1 aromatic rings. The summed E-state index contributed by atoms with van der Waals surface area (Å²) in [6.07, 6.45) is 6.06. The van der Waals surface area contributed by atoms with Crippen LogP contribution in [0, 0.1) is 5.92 Å². The third-order valence-corrected chi connectivity index (χ3v) is 4.18. The molecule has 0 radical (unpaired) electrons. The van der Waals surface area contributed by atoms with Crippen molar-refractivity contribution in [2.45, 2.75) is 71.8 Å². The van der Waals surface area contributed by atoms with Crippen LogP contribution in [0.5, 0.6) is 0 Å². The molecular formula is C18H31N. The summed E-state index contributed by atoms with van der Waals surface area (Å²) in [5.74, 6) is 1.28. The SMILES string of the molecule is CCCCC(CC)C(N)Cc1ccc(C(C)C)cc1. The fraction of sp³-hybridized carbons (Fsp3) is 0.667. The van der Waals surface area contributed by atoms with Crippen LogP contribution in [0.25, 0.3) is 0 Å². The number of benzene rings is 1. The zero-order valence-electron chi connectivity index (χ0n) is 13.2. The number of rotatable bonds is 8. The fourth-order valence-electron chi connectivity index (χ4n) is 2.66. The van der Waals surface area contributed by atoms with Crippen molar-refractivity contribution < 1.29 is 0 Å². The first-order valence-corrected chi connectivity index (χ1v) is 7.92. The smallest absolute Gasteiger partial charge is 0.0108 e. The van der Waals surface area contributed by atoms with Crippen LogP contribution in [0.3, 0.4) is 0 Å². The van der Waals surface area contributed by atoms with Gasteiger partial charge in [-0.05, 0) is 35.8 Å². The second-order valence-electron chi connectivity index (χ2n) is 6.07. The van der Waals surface area contributed by atoms with E-state index in [-0.39, 0.29) is 0 Å². The summed E-state index contributed by atoms with van der Waals surface area (Å²) in [5, 5.41) is 0. The van der Waals surface area contributed by atoms with Crippen molar-refractivity contribution in [3.63, 3.8) is 0 Å². The molecule has 2 unspecified atom stereocenters. The second kappa shape index (κ2) is 8.37. The Balaban J connectivity index is 2.57. The quantitative estimate of drug-likeness (QED) is 0.708. The van der Waals surface area contributed by atoms with E-state index in [1.807, 2.05) is 0 Å². The van der Waals surface area contributed by atoms with Gasteiger partial charge in [-0.2, -0.15) is 0 Å². The summed E-state index contributed by atoms with van der Waals surface area (Å²) in [6.45, 7) is 8.99. The molecule has 0 bridgehead atoms. The topological polar surface area (TPSA) is 26.0 Å². The Morgan fingerprint density at radius 3 is 2.16 bits per heavy atom. The standard InChI is InChI=1S/C18H31N/c1-5-7-8-16(6-2)18(19)13-15-9-11-17(12-10-15)14(3)4/h9-12,14,16,18H,5-8,13,19H2,1-4H3. The Hall–Kier alpha value is -0.820. The maximum absolute atomic E-state index is 6.40. The largest absolute Gasteiger partial charge is 0.327 e. The van der Waals surface area contributed by atoms with Gasteiger partial charge in [0, 0.05) is 6.04 Å². The monoisotopic (exact) mass is 261 g/mol. The van der Waals surface area contributed by atoms with Crippen molar-refractivity contribution >= 4 is 0 Å². The number of nitrogens with two attached hydrogens (primary N) is 1. The predicted octanol–water partition coefficient (Wildman–Crippen LogP) is 4.90. The second-order valence-corrected chi connectivity index (χ2v) is 6.07. The van der Waals surface area contributed by atoms with Gasteiger partial charge in [0.15, 0.2) is 0 Å². The van der Waals surface area contributed by atoms with E-state index < -0.39 is 0 Å². The first-order chi connectivity index (χ1) is 9.08. The molecule has 2 atom stereocenters. The molecule has 0 aromatic heterocycles. The first kappa shape index (κ1) is 16.2. The van der Waals surface area contributed by atoms with E-state index in [9.17, 15) is 0 Å². The van der Waals surface area contributed by atoms with Crippen molar-refractivity contribution in [3.8, 4) is 0 Å². The molecule has 1 nitrogen and oxygen atoms in total. The van der Waals surface area contributed by atoms with Gasteiger partial charge in [-0.1, -0.05) is 71.2 Å². The highest BCUT2D eigenvalue weighted by Crippen LogP contribution is 2.20. The van der Waals surface area contributed by atoms with Gasteiger partial charge >= 0.3 is 0 Å². The highest BCUT2D eigenvalue weighted by atomic mass is 14.6. The van der Waals surface area contributed by atoms with Gasteiger partial charge in [-0.25, -0.2) is 0 Å². The molecular weight excluding hydrogens is 230 g/mol. The van der Waals surface area contributed by atoms with Crippen molar-refractivity contribution in [1.29, 1.82) is 0 Å². The van der Waals surface area contributed by atoms with E-state index in [0.29, 0.717) is 17.9 Å². The van der Waals surface area contributed by atoms with E-state index in [1.54, 1.807) is 0 Å². The normalized spacial score (nSPS) is 14.6. The lowest BCUT2D eigenvalue weighted by molar-refractivity contribution is 0.369. The van der Waals surface area contributed by atoms with Crippen LogP contribution in [0.15, 0.2) is 24.3 Å². The summed E-state index contributed by atoms with van der Waals surface area (Å²) in [6, 6.07) is 9.31. The number of unbranched alkanes of at least 4 members (excludes halogenated alkanes) is 1. The molecule has 0 saturated heterocycles. The maximum atomic E-state index is 6.40. The summed E-state index contributed by atoms with van der Waals surface area (Å²) >= 11 is 0. The van der Waals surface area contributed by atoms with Gasteiger partial charge in [0.05, 0.1) is 0 Å². The Morgan fingerprint density at radius 2 is 1.68 bits per heavy atom.